The number of benzene rings is 2. The summed E-state index contributed by atoms with van der Waals surface area (Å²) in [6.07, 6.45) is 1.83. The van der Waals surface area contributed by atoms with Crippen molar-refractivity contribution in [2.45, 2.75) is 17.5 Å². The lowest BCUT2D eigenvalue weighted by atomic mass is 10.2. The van der Waals surface area contributed by atoms with Crippen molar-refractivity contribution in [3.8, 4) is 23.2 Å². The molecule has 2 aromatic carbocycles. The van der Waals surface area contributed by atoms with Crippen LogP contribution in [0, 0.1) is 11.3 Å². The van der Waals surface area contributed by atoms with Gasteiger partial charge >= 0.3 is 0 Å². The second-order valence-electron chi connectivity index (χ2n) is 5.50. The Kier molecular flexibility index (Phi) is 5.72. The minimum absolute atomic E-state index is 0.607. The van der Waals surface area contributed by atoms with Gasteiger partial charge in [-0.2, -0.15) is 5.26 Å². The van der Waals surface area contributed by atoms with Crippen molar-refractivity contribution < 1.29 is 4.74 Å². The van der Waals surface area contributed by atoms with Crippen LogP contribution in [0.2, 0.25) is 0 Å². The van der Waals surface area contributed by atoms with Gasteiger partial charge < -0.3 is 4.74 Å². The molecule has 0 atom stereocenters. The smallest absolute Gasteiger partial charge is 0.192 e. The minimum atomic E-state index is 0.607. The van der Waals surface area contributed by atoms with E-state index < -0.39 is 0 Å². The van der Waals surface area contributed by atoms with Gasteiger partial charge in [-0.1, -0.05) is 42.1 Å². The van der Waals surface area contributed by atoms with E-state index in [1.54, 1.807) is 18.9 Å². The second kappa shape index (κ2) is 8.37. The average molecular weight is 362 g/mol. The highest BCUT2D eigenvalue weighted by molar-refractivity contribution is 7.98. The van der Waals surface area contributed by atoms with Crippen LogP contribution in [0.3, 0.4) is 0 Å². The van der Waals surface area contributed by atoms with Gasteiger partial charge in [0, 0.05) is 12.3 Å². The average Bonchev–Trinajstić information content (AvgIpc) is 3.09. The molecule has 0 aliphatic heterocycles. The third-order valence-corrected chi connectivity index (χ3v) is 4.87. The first-order chi connectivity index (χ1) is 12.8. The molecule has 0 radical (unpaired) electrons. The van der Waals surface area contributed by atoms with Gasteiger partial charge in [-0.05, 0) is 29.8 Å². The number of hydrogen-bond acceptors (Lipinski definition) is 5. The van der Waals surface area contributed by atoms with Crippen LogP contribution in [0.5, 0.6) is 5.75 Å². The molecule has 0 aliphatic carbocycles. The first-order valence-corrected chi connectivity index (χ1v) is 9.04. The van der Waals surface area contributed by atoms with Crippen LogP contribution in [-0.4, -0.2) is 21.9 Å². The van der Waals surface area contributed by atoms with Crippen LogP contribution < -0.4 is 4.74 Å². The van der Waals surface area contributed by atoms with Crippen molar-refractivity contribution in [1.29, 1.82) is 5.26 Å². The molecule has 0 spiro atoms. The number of hydrogen-bond donors (Lipinski definition) is 0. The number of para-hydroxylation sites is 1. The highest BCUT2D eigenvalue weighted by atomic mass is 32.2. The third-order valence-electron chi connectivity index (χ3n) is 3.83. The van der Waals surface area contributed by atoms with E-state index in [4.69, 9.17) is 10.00 Å². The summed E-state index contributed by atoms with van der Waals surface area (Å²) in [5.41, 5.74) is 2.68. The van der Waals surface area contributed by atoms with Gasteiger partial charge in [0.2, 0.25) is 0 Å². The van der Waals surface area contributed by atoms with Crippen LogP contribution in [0.25, 0.3) is 11.4 Å². The van der Waals surface area contributed by atoms with E-state index in [1.165, 1.54) is 0 Å². The zero-order valence-electron chi connectivity index (χ0n) is 14.4. The highest BCUT2D eigenvalue weighted by Gasteiger charge is 2.16. The lowest BCUT2D eigenvalue weighted by Gasteiger charge is -2.10. The molecule has 1 heterocycles. The molecule has 0 fully saturated rings. The topological polar surface area (TPSA) is 63.7 Å². The summed E-state index contributed by atoms with van der Waals surface area (Å²) >= 11 is 1.60. The van der Waals surface area contributed by atoms with Crippen LogP contribution >= 0.6 is 11.8 Å². The Labute approximate surface area is 157 Å². The van der Waals surface area contributed by atoms with E-state index >= 15 is 0 Å². The van der Waals surface area contributed by atoms with E-state index in [1.807, 2.05) is 59.2 Å². The lowest BCUT2D eigenvalue weighted by molar-refractivity contribution is 0.416. The summed E-state index contributed by atoms with van der Waals surface area (Å²) in [6.45, 7) is 4.45. The predicted molar refractivity (Wildman–Crippen MR) is 103 cm³/mol. The SMILES string of the molecule is C=CCn1c(SCc2ccc(C#N)cc2)nnc1-c1ccccc1OC. The normalized spacial score (nSPS) is 10.3. The molecule has 3 rings (SSSR count). The summed E-state index contributed by atoms with van der Waals surface area (Å²) in [4.78, 5) is 0. The lowest BCUT2D eigenvalue weighted by Crippen LogP contribution is -2.01. The summed E-state index contributed by atoms with van der Waals surface area (Å²) < 4.78 is 7.48. The molecule has 0 saturated heterocycles. The number of thioether (sulfide) groups is 1. The molecular weight excluding hydrogens is 344 g/mol. The Bertz CT molecular complexity index is 941. The summed E-state index contributed by atoms with van der Waals surface area (Å²) in [7, 11) is 1.65. The molecule has 0 aliphatic rings. The first-order valence-electron chi connectivity index (χ1n) is 8.06. The Morgan fingerprint density at radius 2 is 1.96 bits per heavy atom. The van der Waals surface area contributed by atoms with E-state index in [9.17, 15) is 0 Å². The fourth-order valence-corrected chi connectivity index (χ4v) is 3.44. The van der Waals surface area contributed by atoms with Crippen molar-refractivity contribution in [3.05, 3.63) is 72.3 Å². The number of ether oxygens (including phenoxy) is 1. The van der Waals surface area contributed by atoms with Gasteiger partial charge in [-0.3, -0.25) is 4.57 Å². The predicted octanol–water partition coefficient (Wildman–Crippen LogP) is 4.30. The van der Waals surface area contributed by atoms with Crippen LogP contribution in [-0.2, 0) is 12.3 Å². The van der Waals surface area contributed by atoms with Crippen LogP contribution in [0.15, 0.2) is 66.3 Å². The first kappa shape index (κ1) is 17.8. The van der Waals surface area contributed by atoms with E-state index in [-0.39, 0.29) is 0 Å². The fourth-order valence-electron chi connectivity index (χ4n) is 2.54. The number of methoxy groups -OCH3 is 1. The number of nitrogens with zero attached hydrogens (tertiary/aromatic N) is 4. The molecule has 5 nitrogen and oxygen atoms in total. The Morgan fingerprint density at radius 3 is 2.65 bits per heavy atom. The summed E-state index contributed by atoms with van der Waals surface area (Å²) in [5.74, 6) is 2.26. The standard InChI is InChI=1S/C20H18N4OS/c1-3-12-24-19(17-6-4-5-7-18(17)25-2)22-23-20(24)26-14-16-10-8-15(13-21)9-11-16/h3-11H,1,12,14H2,2H3. The molecule has 6 heteroatoms. The van der Waals surface area contributed by atoms with Gasteiger partial charge in [0.25, 0.3) is 0 Å². The van der Waals surface area contributed by atoms with Crippen molar-refractivity contribution in [1.82, 2.24) is 14.8 Å². The number of aromatic nitrogens is 3. The second-order valence-corrected chi connectivity index (χ2v) is 6.45. The fraction of sp³-hybridized carbons (Fsp3) is 0.150. The molecule has 130 valence electrons. The molecular formula is C20H18N4OS. The maximum atomic E-state index is 8.89. The molecule has 0 saturated carbocycles. The van der Waals surface area contributed by atoms with Crippen LogP contribution in [0.4, 0.5) is 0 Å². The molecule has 3 aromatic rings. The van der Waals surface area contributed by atoms with Gasteiger partial charge in [0.1, 0.15) is 5.75 Å². The monoisotopic (exact) mass is 362 g/mol. The van der Waals surface area contributed by atoms with Gasteiger partial charge in [-0.25, -0.2) is 0 Å². The zero-order valence-corrected chi connectivity index (χ0v) is 15.2. The van der Waals surface area contributed by atoms with Gasteiger partial charge in [-0.15, -0.1) is 16.8 Å². The number of rotatable bonds is 7. The molecule has 0 bridgehead atoms. The van der Waals surface area contributed by atoms with Gasteiger partial charge in [0.05, 0.1) is 24.3 Å². The Hall–Kier alpha value is -3.04. The Morgan fingerprint density at radius 1 is 1.19 bits per heavy atom. The number of allylic oxidation sites excluding steroid dienone is 1. The molecule has 26 heavy (non-hydrogen) atoms. The van der Waals surface area contributed by atoms with Crippen molar-refractivity contribution in [3.63, 3.8) is 0 Å². The van der Waals surface area contributed by atoms with Crippen molar-refractivity contribution in [2.24, 2.45) is 0 Å². The summed E-state index contributed by atoms with van der Waals surface area (Å²) in [5, 5.41) is 18.4. The Balaban J connectivity index is 1.87. The van der Waals surface area contributed by atoms with E-state index in [0.717, 1.165) is 33.6 Å². The molecule has 0 amide bonds. The summed E-state index contributed by atoms with van der Waals surface area (Å²) in [6, 6.07) is 17.5. The van der Waals surface area contributed by atoms with Gasteiger partial charge in [0.15, 0.2) is 11.0 Å². The van der Waals surface area contributed by atoms with Crippen molar-refractivity contribution in [2.75, 3.05) is 7.11 Å². The molecule has 0 N–H and O–H groups in total. The van der Waals surface area contributed by atoms with Crippen LogP contribution in [0.1, 0.15) is 11.1 Å². The number of nitriles is 1. The van der Waals surface area contributed by atoms with Crippen molar-refractivity contribution >= 4 is 11.8 Å². The minimum Gasteiger partial charge on any atom is -0.496 e. The van der Waals surface area contributed by atoms with E-state index in [2.05, 4.69) is 22.8 Å². The molecule has 1 aromatic heterocycles. The highest BCUT2D eigenvalue weighted by Crippen LogP contribution is 2.31. The maximum absolute atomic E-state index is 8.89. The van der Waals surface area contributed by atoms with E-state index in [0.29, 0.717) is 12.1 Å². The zero-order chi connectivity index (χ0) is 18.4. The molecule has 0 unspecified atom stereocenters. The largest absolute Gasteiger partial charge is 0.496 e. The maximum Gasteiger partial charge on any atom is 0.192 e. The quantitative estimate of drug-likeness (QED) is 0.463. The third kappa shape index (κ3) is 3.79.